The summed E-state index contributed by atoms with van der Waals surface area (Å²) < 4.78 is 6.86. The largest absolute Gasteiger partial charge is 0.488 e. The number of halogens is 2. The first-order valence-electron chi connectivity index (χ1n) is 6.55. The number of ether oxygens (including phenoxy) is 1. The fourth-order valence-corrected chi connectivity index (χ4v) is 2.52. The highest BCUT2D eigenvalue weighted by molar-refractivity contribution is 9.10. The van der Waals surface area contributed by atoms with Gasteiger partial charge in [0, 0.05) is 9.50 Å². The molecule has 0 spiro atoms. The van der Waals surface area contributed by atoms with E-state index in [0.717, 1.165) is 27.2 Å². The number of rotatable bonds is 3. The maximum atomic E-state index is 6.22. The molecule has 2 aromatic rings. The summed E-state index contributed by atoms with van der Waals surface area (Å²) in [6, 6.07) is 14.1. The molecule has 2 aromatic carbocycles. The van der Waals surface area contributed by atoms with Crippen LogP contribution in [-0.2, 0) is 6.42 Å². The van der Waals surface area contributed by atoms with E-state index < -0.39 is 0 Å². The van der Waals surface area contributed by atoms with Crippen LogP contribution in [0.3, 0.4) is 0 Å². The second-order valence-corrected chi connectivity index (χ2v) is 7.09. The Balaban J connectivity index is 2.13. The first kappa shape index (κ1) is 15.4. The molecule has 0 bridgehead atoms. The molecule has 0 amide bonds. The molecule has 0 unspecified atom stereocenters. The molecular weight excluding hydrogens is 336 g/mol. The molecule has 0 aliphatic rings. The van der Waals surface area contributed by atoms with Crippen molar-refractivity contribution in [2.45, 2.75) is 32.8 Å². The van der Waals surface area contributed by atoms with E-state index >= 15 is 0 Å². The molecule has 106 valence electrons. The van der Waals surface area contributed by atoms with E-state index in [1.807, 2.05) is 45.0 Å². The monoisotopic (exact) mass is 352 g/mol. The van der Waals surface area contributed by atoms with Crippen molar-refractivity contribution in [3.8, 4) is 5.75 Å². The topological polar surface area (TPSA) is 9.23 Å². The molecule has 2 rings (SSSR count). The van der Waals surface area contributed by atoms with Gasteiger partial charge in [0.05, 0.1) is 0 Å². The maximum Gasteiger partial charge on any atom is 0.120 e. The minimum Gasteiger partial charge on any atom is -0.488 e. The van der Waals surface area contributed by atoms with Crippen molar-refractivity contribution in [1.29, 1.82) is 0 Å². The highest BCUT2D eigenvalue weighted by atomic mass is 79.9. The standard InChI is InChI=1S/C17H18BrClO/c1-17(2,3)20-15-7-4-12(5-8-15)10-13-11-14(18)6-9-16(13)19/h4-9,11H,10H2,1-3H3. The summed E-state index contributed by atoms with van der Waals surface area (Å²) in [6.07, 6.45) is 0.814. The van der Waals surface area contributed by atoms with E-state index in [9.17, 15) is 0 Å². The molecule has 3 heteroatoms. The first-order chi connectivity index (χ1) is 9.33. The van der Waals surface area contributed by atoms with E-state index in [4.69, 9.17) is 16.3 Å². The third kappa shape index (κ3) is 4.53. The Kier molecular flexibility index (Phi) is 4.77. The normalized spacial score (nSPS) is 11.4. The summed E-state index contributed by atoms with van der Waals surface area (Å²) in [5.74, 6) is 0.890. The van der Waals surface area contributed by atoms with Crippen LogP contribution in [0.4, 0.5) is 0 Å². The van der Waals surface area contributed by atoms with Crippen LogP contribution in [0.5, 0.6) is 5.75 Å². The van der Waals surface area contributed by atoms with Crippen molar-refractivity contribution in [2.75, 3.05) is 0 Å². The fourth-order valence-electron chi connectivity index (χ4n) is 1.93. The zero-order valence-corrected chi connectivity index (χ0v) is 14.3. The van der Waals surface area contributed by atoms with Crippen LogP contribution in [0.15, 0.2) is 46.9 Å². The van der Waals surface area contributed by atoms with Gasteiger partial charge in [-0.25, -0.2) is 0 Å². The average molecular weight is 354 g/mol. The zero-order valence-electron chi connectivity index (χ0n) is 11.9. The van der Waals surface area contributed by atoms with Gasteiger partial charge < -0.3 is 4.74 Å². The lowest BCUT2D eigenvalue weighted by atomic mass is 10.0. The van der Waals surface area contributed by atoms with E-state index in [1.54, 1.807) is 0 Å². The molecule has 0 aromatic heterocycles. The van der Waals surface area contributed by atoms with E-state index in [2.05, 4.69) is 34.1 Å². The molecule has 0 atom stereocenters. The van der Waals surface area contributed by atoms with Crippen LogP contribution >= 0.6 is 27.5 Å². The molecule has 0 saturated carbocycles. The Labute approximate surface area is 134 Å². The summed E-state index contributed by atoms with van der Waals surface area (Å²) in [4.78, 5) is 0. The van der Waals surface area contributed by atoms with Gasteiger partial charge in [0.25, 0.3) is 0 Å². The number of hydrogen-bond acceptors (Lipinski definition) is 1. The minimum absolute atomic E-state index is 0.172. The summed E-state index contributed by atoms with van der Waals surface area (Å²) in [5, 5.41) is 0.795. The van der Waals surface area contributed by atoms with Crippen LogP contribution in [0.25, 0.3) is 0 Å². The third-order valence-corrected chi connectivity index (χ3v) is 3.61. The van der Waals surface area contributed by atoms with Gasteiger partial charge in [0.15, 0.2) is 0 Å². The van der Waals surface area contributed by atoms with Crippen LogP contribution in [-0.4, -0.2) is 5.60 Å². The second kappa shape index (κ2) is 6.19. The van der Waals surface area contributed by atoms with Gasteiger partial charge in [-0.15, -0.1) is 0 Å². The van der Waals surface area contributed by atoms with Gasteiger partial charge in [-0.05, 0) is 68.7 Å². The second-order valence-electron chi connectivity index (χ2n) is 5.77. The average Bonchev–Trinajstić information content (AvgIpc) is 2.34. The number of hydrogen-bond donors (Lipinski definition) is 0. The molecular formula is C17H18BrClO. The van der Waals surface area contributed by atoms with Crippen molar-refractivity contribution in [3.05, 3.63) is 63.1 Å². The Morgan fingerprint density at radius 3 is 2.30 bits per heavy atom. The third-order valence-electron chi connectivity index (χ3n) is 2.75. The fraction of sp³-hybridized carbons (Fsp3) is 0.294. The van der Waals surface area contributed by atoms with Gasteiger partial charge in [0.1, 0.15) is 11.4 Å². The maximum absolute atomic E-state index is 6.22. The van der Waals surface area contributed by atoms with E-state index in [1.165, 1.54) is 5.56 Å². The van der Waals surface area contributed by atoms with Crippen LogP contribution < -0.4 is 4.74 Å². The highest BCUT2D eigenvalue weighted by Crippen LogP contribution is 2.25. The van der Waals surface area contributed by atoms with Crippen LogP contribution in [0.1, 0.15) is 31.9 Å². The van der Waals surface area contributed by atoms with Gasteiger partial charge in [-0.1, -0.05) is 39.7 Å². The Bertz CT molecular complexity index is 585. The lowest BCUT2D eigenvalue weighted by Gasteiger charge is -2.21. The van der Waals surface area contributed by atoms with Gasteiger partial charge in [0.2, 0.25) is 0 Å². The summed E-state index contributed by atoms with van der Waals surface area (Å²) in [6.45, 7) is 6.13. The lowest BCUT2D eigenvalue weighted by molar-refractivity contribution is 0.131. The van der Waals surface area contributed by atoms with Crippen LogP contribution in [0.2, 0.25) is 5.02 Å². The molecule has 0 saturated heterocycles. The van der Waals surface area contributed by atoms with E-state index in [-0.39, 0.29) is 5.60 Å². The molecule has 1 nitrogen and oxygen atoms in total. The van der Waals surface area contributed by atoms with Crippen LogP contribution in [0, 0.1) is 0 Å². The minimum atomic E-state index is -0.172. The Hall–Kier alpha value is -0.990. The molecule has 0 fully saturated rings. The van der Waals surface area contributed by atoms with Crippen molar-refractivity contribution < 1.29 is 4.74 Å². The van der Waals surface area contributed by atoms with Crippen molar-refractivity contribution >= 4 is 27.5 Å². The molecule has 0 aliphatic carbocycles. The smallest absolute Gasteiger partial charge is 0.120 e. The summed E-state index contributed by atoms with van der Waals surface area (Å²) in [7, 11) is 0. The van der Waals surface area contributed by atoms with Gasteiger partial charge in [-0.3, -0.25) is 0 Å². The Morgan fingerprint density at radius 1 is 1.05 bits per heavy atom. The summed E-state index contributed by atoms with van der Waals surface area (Å²) >= 11 is 9.69. The highest BCUT2D eigenvalue weighted by Gasteiger charge is 2.11. The van der Waals surface area contributed by atoms with Crippen molar-refractivity contribution in [3.63, 3.8) is 0 Å². The quantitative estimate of drug-likeness (QED) is 0.670. The molecule has 0 heterocycles. The first-order valence-corrected chi connectivity index (χ1v) is 7.72. The Morgan fingerprint density at radius 2 is 1.70 bits per heavy atom. The van der Waals surface area contributed by atoms with Crippen molar-refractivity contribution in [1.82, 2.24) is 0 Å². The summed E-state index contributed by atoms with van der Waals surface area (Å²) in [5.41, 5.74) is 2.16. The van der Waals surface area contributed by atoms with E-state index in [0.29, 0.717) is 0 Å². The molecule has 20 heavy (non-hydrogen) atoms. The SMILES string of the molecule is CC(C)(C)Oc1ccc(Cc2cc(Br)ccc2Cl)cc1. The number of benzene rings is 2. The molecule has 0 N–H and O–H groups in total. The predicted octanol–water partition coefficient (Wildman–Crippen LogP) is 5.87. The molecule has 0 radical (unpaired) electrons. The van der Waals surface area contributed by atoms with Gasteiger partial charge >= 0.3 is 0 Å². The zero-order chi connectivity index (χ0) is 14.8. The van der Waals surface area contributed by atoms with Gasteiger partial charge in [-0.2, -0.15) is 0 Å². The van der Waals surface area contributed by atoms with Crippen molar-refractivity contribution in [2.24, 2.45) is 0 Å². The predicted molar refractivity (Wildman–Crippen MR) is 88.8 cm³/mol. The lowest BCUT2D eigenvalue weighted by Crippen LogP contribution is -2.22. The molecule has 0 aliphatic heterocycles.